The van der Waals surface area contributed by atoms with Crippen LogP contribution in [0.2, 0.25) is 0 Å². The first kappa shape index (κ1) is 25.7. The zero-order chi connectivity index (χ0) is 24.6. The minimum absolute atomic E-state index is 0.0725. The summed E-state index contributed by atoms with van der Waals surface area (Å²) in [6, 6.07) is 7.59. The van der Waals surface area contributed by atoms with Crippen LogP contribution in [0.5, 0.6) is 0 Å². The number of nitrogen functional groups attached to an aromatic ring is 2. The van der Waals surface area contributed by atoms with Gasteiger partial charge in [-0.25, -0.2) is 10.1 Å². The Morgan fingerprint density at radius 1 is 0.781 bits per heavy atom. The number of anilines is 2. The van der Waals surface area contributed by atoms with E-state index in [0.29, 0.717) is 16.9 Å². The SMILES string of the molecule is CON(C)C(=O)c1ccc(N)c(N)c1.CON(C)C(=O)c1ccc([N+](=O)[O-])c([N+](=O)[O-])c1. The summed E-state index contributed by atoms with van der Waals surface area (Å²) in [4.78, 5) is 52.0. The summed E-state index contributed by atoms with van der Waals surface area (Å²) in [7, 11) is 5.50. The summed E-state index contributed by atoms with van der Waals surface area (Å²) in [6.07, 6.45) is 0. The van der Waals surface area contributed by atoms with Gasteiger partial charge in [0.05, 0.1) is 35.4 Å². The Kier molecular flexibility index (Phi) is 9.00. The molecule has 0 aliphatic carbocycles. The molecule has 14 nitrogen and oxygen atoms in total. The lowest BCUT2D eigenvalue weighted by Crippen LogP contribution is -2.25. The lowest BCUT2D eigenvalue weighted by molar-refractivity contribution is -0.422. The van der Waals surface area contributed by atoms with Crippen LogP contribution >= 0.6 is 0 Å². The number of nitro groups is 2. The van der Waals surface area contributed by atoms with Crippen molar-refractivity contribution in [2.45, 2.75) is 0 Å². The molecule has 0 atom stereocenters. The van der Waals surface area contributed by atoms with Crippen molar-refractivity contribution in [3.05, 3.63) is 67.8 Å². The van der Waals surface area contributed by atoms with Crippen LogP contribution in [-0.4, -0.2) is 60.1 Å². The number of hydrogen-bond acceptors (Lipinski definition) is 10. The van der Waals surface area contributed by atoms with E-state index >= 15 is 0 Å². The number of carbonyl (C=O) groups excluding carboxylic acids is 2. The van der Waals surface area contributed by atoms with Crippen molar-refractivity contribution in [1.82, 2.24) is 10.1 Å². The summed E-state index contributed by atoms with van der Waals surface area (Å²) in [6.45, 7) is 0. The number of amides is 2. The van der Waals surface area contributed by atoms with Gasteiger partial charge in [-0.05, 0) is 24.3 Å². The van der Waals surface area contributed by atoms with Crippen molar-refractivity contribution in [2.24, 2.45) is 0 Å². The lowest BCUT2D eigenvalue weighted by atomic mass is 10.1. The molecular weight excluding hydrogens is 428 g/mol. The number of rotatable bonds is 6. The van der Waals surface area contributed by atoms with Gasteiger partial charge < -0.3 is 11.5 Å². The average Bonchev–Trinajstić information content (AvgIpc) is 2.78. The number of hydrogen-bond donors (Lipinski definition) is 2. The second-order valence-electron chi connectivity index (χ2n) is 6.03. The molecule has 2 aromatic carbocycles. The van der Waals surface area contributed by atoms with Gasteiger partial charge >= 0.3 is 11.4 Å². The van der Waals surface area contributed by atoms with Gasteiger partial charge in [-0.15, -0.1) is 0 Å². The van der Waals surface area contributed by atoms with Crippen molar-refractivity contribution >= 4 is 34.6 Å². The van der Waals surface area contributed by atoms with Crippen LogP contribution in [0.3, 0.4) is 0 Å². The third-order valence-corrected chi connectivity index (χ3v) is 4.07. The van der Waals surface area contributed by atoms with E-state index in [-0.39, 0.29) is 11.5 Å². The number of nitro benzene ring substituents is 2. The molecule has 2 rings (SSSR count). The molecule has 0 aliphatic rings. The third-order valence-electron chi connectivity index (χ3n) is 4.07. The minimum atomic E-state index is -0.915. The summed E-state index contributed by atoms with van der Waals surface area (Å²) in [5.41, 5.74) is 10.9. The molecule has 0 fully saturated rings. The van der Waals surface area contributed by atoms with E-state index < -0.39 is 27.1 Å². The number of hydroxylamine groups is 4. The molecule has 0 radical (unpaired) electrons. The first-order chi connectivity index (χ1) is 14.9. The number of benzene rings is 2. The molecule has 0 spiro atoms. The summed E-state index contributed by atoms with van der Waals surface area (Å²) in [5, 5.41) is 23.2. The number of nitrogens with zero attached hydrogens (tertiary/aromatic N) is 4. The lowest BCUT2D eigenvalue weighted by Gasteiger charge is -2.13. The maximum absolute atomic E-state index is 11.6. The van der Waals surface area contributed by atoms with E-state index in [0.717, 1.165) is 28.3 Å². The monoisotopic (exact) mass is 450 g/mol. The molecule has 0 bridgehead atoms. The van der Waals surface area contributed by atoms with Crippen LogP contribution in [0.1, 0.15) is 20.7 Å². The van der Waals surface area contributed by atoms with Crippen LogP contribution in [0.25, 0.3) is 0 Å². The van der Waals surface area contributed by atoms with Crippen molar-refractivity contribution in [2.75, 3.05) is 39.8 Å². The normalized spacial score (nSPS) is 9.88. The Morgan fingerprint density at radius 3 is 1.62 bits per heavy atom. The van der Waals surface area contributed by atoms with Crippen LogP contribution in [0, 0.1) is 20.2 Å². The zero-order valence-corrected chi connectivity index (χ0v) is 17.7. The van der Waals surface area contributed by atoms with E-state index in [1.165, 1.54) is 34.4 Å². The molecule has 172 valence electrons. The fourth-order valence-corrected chi connectivity index (χ4v) is 2.19. The maximum Gasteiger partial charge on any atom is 0.346 e. The zero-order valence-electron chi connectivity index (χ0n) is 17.7. The Bertz CT molecular complexity index is 1030. The fraction of sp³-hybridized carbons (Fsp3) is 0.222. The van der Waals surface area contributed by atoms with Gasteiger partial charge in [-0.1, -0.05) is 0 Å². The minimum Gasteiger partial charge on any atom is -0.397 e. The summed E-state index contributed by atoms with van der Waals surface area (Å²) >= 11 is 0. The highest BCUT2D eigenvalue weighted by Crippen LogP contribution is 2.27. The first-order valence-electron chi connectivity index (χ1n) is 8.66. The summed E-state index contributed by atoms with van der Waals surface area (Å²) in [5.74, 6) is -0.908. The van der Waals surface area contributed by atoms with Gasteiger partial charge in [0, 0.05) is 37.4 Å². The summed E-state index contributed by atoms with van der Waals surface area (Å²) < 4.78 is 0. The quantitative estimate of drug-likeness (QED) is 0.370. The Hall–Kier alpha value is -4.30. The van der Waals surface area contributed by atoms with Gasteiger partial charge in [-0.2, -0.15) is 0 Å². The van der Waals surface area contributed by atoms with Crippen molar-refractivity contribution in [1.29, 1.82) is 0 Å². The van der Waals surface area contributed by atoms with Crippen LogP contribution in [0.4, 0.5) is 22.7 Å². The van der Waals surface area contributed by atoms with E-state index in [2.05, 4.69) is 4.84 Å². The van der Waals surface area contributed by atoms with Gasteiger partial charge in [0.15, 0.2) is 0 Å². The second kappa shape index (κ2) is 11.2. The maximum atomic E-state index is 11.6. The molecule has 32 heavy (non-hydrogen) atoms. The van der Waals surface area contributed by atoms with Crippen molar-refractivity contribution < 1.29 is 29.1 Å². The predicted octanol–water partition coefficient (Wildman–Crippen LogP) is 1.62. The van der Waals surface area contributed by atoms with E-state index in [9.17, 15) is 29.8 Å². The standard InChI is InChI=1S/C9H9N3O6.C9H13N3O2/c1-10(18-2)9(13)6-3-4-7(11(14)15)8(5-6)12(16)17;1-12(14-2)9(13)6-3-4-7(10)8(11)5-6/h3-5H,1-2H3;3-5H,10-11H2,1-2H3. The predicted molar refractivity (Wildman–Crippen MR) is 113 cm³/mol. The van der Waals surface area contributed by atoms with Gasteiger partial charge in [-0.3, -0.25) is 39.5 Å². The molecule has 4 N–H and O–H groups in total. The Balaban J connectivity index is 0.000000330. The molecule has 0 saturated heterocycles. The highest BCUT2D eigenvalue weighted by atomic mass is 16.7. The average molecular weight is 450 g/mol. The van der Waals surface area contributed by atoms with Crippen LogP contribution in [0.15, 0.2) is 36.4 Å². The first-order valence-corrected chi connectivity index (χ1v) is 8.66. The van der Waals surface area contributed by atoms with E-state index in [4.69, 9.17) is 16.3 Å². The van der Waals surface area contributed by atoms with Crippen LogP contribution in [-0.2, 0) is 9.68 Å². The second-order valence-corrected chi connectivity index (χ2v) is 6.03. The molecule has 2 amide bonds. The van der Waals surface area contributed by atoms with E-state index in [1.54, 1.807) is 12.1 Å². The van der Waals surface area contributed by atoms with Crippen molar-refractivity contribution in [3.63, 3.8) is 0 Å². The van der Waals surface area contributed by atoms with E-state index in [1.807, 2.05) is 0 Å². The third kappa shape index (κ3) is 6.35. The smallest absolute Gasteiger partial charge is 0.346 e. The molecule has 0 aliphatic heterocycles. The van der Waals surface area contributed by atoms with Gasteiger partial charge in [0.1, 0.15) is 0 Å². The Labute approximate surface area is 182 Å². The largest absolute Gasteiger partial charge is 0.397 e. The Morgan fingerprint density at radius 2 is 1.22 bits per heavy atom. The molecular formula is C18H22N6O8. The van der Waals surface area contributed by atoms with Crippen LogP contribution < -0.4 is 11.5 Å². The molecule has 0 aromatic heterocycles. The molecule has 14 heteroatoms. The molecule has 0 saturated carbocycles. The molecule has 2 aromatic rings. The topological polar surface area (TPSA) is 197 Å². The number of carbonyl (C=O) groups is 2. The highest BCUT2D eigenvalue weighted by Gasteiger charge is 2.26. The highest BCUT2D eigenvalue weighted by molar-refractivity contribution is 5.95. The fourth-order valence-electron chi connectivity index (χ4n) is 2.19. The number of nitrogens with two attached hydrogens (primary N) is 2. The molecule has 0 heterocycles. The van der Waals surface area contributed by atoms with Gasteiger partial charge in [0.2, 0.25) is 0 Å². The van der Waals surface area contributed by atoms with Crippen molar-refractivity contribution in [3.8, 4) is 0 Å². The molecule has 0 unspecified atom stereocenters. The van der Waals surface area contributed by atoms with Gasteiger partial charge in [0.25, 0.3) is 11.8 Å².